The van der Waals surface area contributed by atoms with Gasteiger partial charge in [-0.3, -0.25) is 9.59 Å². The molecule has 0 aliphatic heterocycles. The number of hydrogen-bond donors (Lipinski definition) is 1. The Morgan fingerprint density at radius 3 is 2.54 bits per heavy atom. The van der Waals surface area contributed by atoms with Crippen LogP contribution in [-0.2, 0) is 30.7 Å². The Hall–Kier alpha value is -2.26. The van der Waals surface area contributed by atoms with Crippen LogP contribution in [0.4, 0.5) is 4.39 Å². The van der Waals surface area contributed by atoms with Crippen molar-refractivity contribution in [1.82, 2.24) is 5.32 Å². The van der Waals surface area contributed by atoms with Gasteiger partial charge in [-0.1, -0.05) is 6.07 Å². The first-order chi connectivity index (χ1) is 12.3. The van der Waals surface area contributed by atoms with E-state index in [1.165, 1.54) is 18.3 Å². The number of rotatable bonds is 8. The first-order valence-corrected chi connectivity index (χ1v) is 10.3. The van der Waals surface area contributed by atoms with Gasteiger partial charge in [0.2, 0.25) is 0 Å². The fourth-order valence-corrected chi connectivity index (χ4v) is 3.88. The second-order valence-corrected chi connectivity index (χ2v) is 8.59. The summed E-state index contributed by atoms with van der Waals surface area (Å²) in [6.45, 7) is 1.74. The summed E-state index contributed by atoms with van der Waals surface area (Å²) in [5.74, 6) is -2.30. The summed E-state index contributed by atoms with van der Waals surface area (Å²) in [4.78, 5) is 24.6. The van der Waals surface area contributed by atoms with Gasteiger partial charge in [-0.15, -0.1) is 11.3 Å². The van der Waals surface area contributed by atoms with E-state index in [4.69, 9.17) is 4.74 Å². The third kappa shape index (κ3) is 5.92. The molecule has 1 amide bonds. The second-order valence-electron chi connectivity index (χ2n) is 5.45. The third-order valence-corrected chi connectivity index (χ3v) is 6.05. The summed E-state index contributed by atoms with van der Waals surface area (Å²) in [5, 5.41) is 4.52. The lowest BCUT2D eigenvalue weighted by Gasteiger charge is -2.13. The monoisotopic (exact) mass is 399 g/mol. The van der Waals surface area contributed by atoms with Crippen LogP contribution in [0.5, 0.6) is 0 Å². The van der Waals surface area contributed by atoms with Crippen molar-refractivity contribution in [1.29, 1.82) is 0 Å². The number of carbonyl (C=O) groups excluding carboxylic acids is 2. The summed E-state index contributed by atoms with van der Waals surface area (Å²) in [7, 11) is -3.73. The lowest BCUT2D eigenvalue weighted by Crippen LogP contribution is -2.35. The lowest BCUT2D eigenvalue weighted by atomic mass is 10.3. The zero-order chi connectivity index (χ0) is 19.2. The van der Waals surface area contributed by atoms with Crippen molar-refractivity contribution >= 4 is 33.1 Å². The van der Waals surface area contributed by atoms with E-state index in [0.29, 0.717) is 6.54 Å². The molecular formula is C17H18FNO5S2. The van der Waals surface area contributed by atoms with E-state index in [1.54, 1.807) is 0 Å². The highest BCUT2D eigenvalue weighted by molar-refractivity contribution is 7.91. The van der Waals surface area contributed by atoms with Crippen LogP contribution >= 0.6 is 11.3 Å². The largest absolute Gasteiger partial charge is 0.453 e. The first-order valence-electron chi connectivity index (χ1n) is 7.76. The molecule has 1 aromatic carbocycles. The van der Waals surface area contributed by atoms with Gasteiger partial charge in [0.1, 0.15) is 5.82 Å². The fraction of sp³-hybridized carbons (Fsp3) is 0.294. The van der Waals surface area contributed by atoms with Crippen molar-refractivity contribution in [2.24, 2.45) is 0 Å². The van der Waals surface area contributed by atoms with Crippen LogP contribution in [0.2, 0.25) is 0 Å². The lowest BCUT2D eigenvalue weighted by molar-refractivity contribution is -0.154. The molecule has 0 fully saturated rings. The molecule has 0 radical (unpaired) electrons. The Balaban J connectivity index is 1.80. The SMILES string of the molecule is C[C@@H](OC(=O)CCS(=O)(=O)c1ccc(F)cc1)C(=O)NCc1cccs1. The molecule has 9 heteroatoms. The van der Waals surface area contributed by atoms with Gasteiger partial charge >= 0.3 is 5.97 Å². The molecule has 1 atom stereocenters. The van der Waals surface area contributed by atoms with Gasteiger partial charge in [-0.25, -0.2) is 12.8 Å². The molecule has 0 aliphatic carbocycles. The average molecular weight is 399 g/mol. The van der Waals surface area contributed by atoms with E-state index >= 15 is 0 Å². The molecule has 1 N–H and O–H groups in total. The summed E-state index contributed by atoms with van der Waals surface area (Å²) in [5.41, 5.74) is 0. The minimum Gasteiger partial charge on any atom is -0.453 e. The van der Waals surface area contributed by atoms with Crippen molar-refractivity contribution in [2.75, 3.05) is 5.75 Å². The van der Waals surface area contributed by atoms with Crippen LogP contribution < -0.4 is 5.32 Å². The first kappa shape index (κ1) is 20.1. The molecule has 0 aliphatic rings. The zero-order valence-corrected chi connectivity index (χ0v) is 15.6. The zero-order valence-electron chi connectivity index (χ0n) is 14.0. The minimum absolute atomic E-state index is 0.0755. The molecule has 1 heterocycles. The van der Waals surface area contributed by atoms with Crippen LogP contribution in [0.1, 0.15) is 18.2 Å². The Labute approximate surface area is 154 Å². The normalized spacial score (nSPS) is 12.4. The van der Waals surface area contributed by atoms with Crippen LogP contribution in [0.25, 0.3) is 0 Å². The van der Waals surface area contributed by atoms with Crippen LogP contribution in [0.15, 0.2) is 46.7 Å². The van der Waals surface area contributed by atoms with Gasteiger partial charge in [-0.2, -0.15) is 0 Å². The van der Waals surface area contributed by atoms with Crippen LogP contribution in [0, 0.1) is 5.82 Å². The molecule has 0 saturated heterocycles. The predicted molar refractivity (Wildman–Crippen MR) is 94.8 cm³/mol. The molecule has 2 rings (SSSR count). The number of sulfone groups is 1. The Morgan fingerprint density at radius 1 is 1.23 bits per heavy atom. The molecule has 2 aromatic rings. The highest BCUT2D eigenvalue weighted by Gasteiger charge is 2.21. The fourth-order valence-electron chi connectivity index (χ4n) is 2.02. The van der Waals surface area contributed by atoms with E-state index in [0.717, 1.165) is 29.1 Å². The van der Waals surface area contributed by atoms with Crippen molar-refractivity contribution in [3.05, 3.63) is 52.5 Å². The standard InChI is InChI=1S/C17H18FNO5S2/c1-12(17(21)19-11-14-3-2-9-25-14)24-16(20)8-10-26(22,23)15-6-4-13(18)5-7-15/h2-7,9,12H,8,10-11H2,1H3,(H,19,21)/t12-/m1/s1. The maximum atomic E-state index is 12.9. The Morgan fingerprint density at radius 2 is 1.92 bits per heavy atom. The van der Waals surface area contributed by atoms with Gasteiger partial charge in [0.25, 0.3) is 5.91 Å². The number of ether oxygens (including phenoxy) is 1. The highest BCUT2D eigenvalue weighted by Crippen LogP contribution is 2.13. The summed E-state index contributed by atoms with van der Waals surface area (Å²) in [6.07, 6.45) is -1.43. The molecule has 0 bridgehead atoms. The van der Waals surface area contributed by atoms with Crippen molar-refractivity contribution in [3.8, 4) is 0 Å². The molecule has 140 valence electrons. The van der Waals surface area contributed by atoms with Crippen molar-refractivity contribution < 1.29 is 27.1 Å². The van der Waals surface area contributed by atoms with E-state index < -0.39 is 45.8 Å². The number of halogens is 1. The Bertz CT molecular complexity index is 848. The van der Waals surface area contributed by atoms with E-state index in [1.807, 2.05) is 17.5 Å². The van der Waals surface area contributed by atoms with Crippen molar-refractivity contribution in [2.45, 2.75) is 30.9 Å². The van der Waals surface area contributed by atoms with E-state index in [2.05, 4.69) is 5.32 Å². The summed E-state index contributed by atoms with van der Waals surface area (Å²) < 4.78 is 42.0. The number of nitrogens with one attached hydrogen (secondary N) is 1. The van der Waals surface area contributed by atoms with Gasteiger partial charge < -0.3 is 10.1 Å². The predicted octanol–water partition coefficient (Wildman–Crippen LogP) is 2.30. The Kier molecular flexibility index (Phi) is 6.87. The molecule has 0 unspecified atom stereocenters. The van der Waals surface area contributed by atoms with E-state index in [9.17, 15) is 22.4 Å². The molecule has 6 nitrogen and oxygen atoms in total. The number of carbonyl (C=O) groups is 2. The maximum Gasteiger partial charge on any atom is 0.307 e. The maximum absolute atomic E-state index is 12.9. The quantitative estimate of drug-likeness (QED) is 0.543. The van der Waals surface area contributed by atoms with Gasteiger partial charge in [0.15, 0.2) is 15.9 Å². The number of thiophene rings is 1. The van der Waals surface area contributed by atoms with Crippen LogP contribution in [0.3, 0.4) is 0 Å². The van der Waals surface area contributed by atoms with Crippen LogP contribution in [-0.4, -0.2) is 32.2 Å². The second kappa shape index (κ2) is 8.91. The third-order valence-electron chi connectivity index (χ3n) is 3.44. The summed E-state index contributed by atoms with van der Waals surface area (Å²) in [6, 6.07) is 8.06. The molecule has 1 aromatic heterocycles. The topological polar surface area (TPSA) is 89.5 Å². The van der Waals surface area contributed by atoms with Gasteiger partial charge in [-0.05, 0) is 42.6 Å². The number of amides is 1. The molecule has 0 spiro atoms. The molecule has 26 heavy (non-hydrogen) atoms. The van der Waals surface area contributed by atoms with Gasteiger partial charge in [0.05, 0.1) is 23.6 Å². The average Bonchev–Trinajstić information content (AvgIpc) is 3.12. The smallest absolute Gasteiger partial charge is 0.307 e. The molecular weight excluding hydrogens is 381 g/mol. The minimum atomic E-state index is -3.73. The number of hydrogen-bond acceptors (Lipinski definition) is 6. The van der Waals surface area contributed by atoms with Gasteiger partial charge in [0, 0.05) is 4.88 Å². The molecule has 0 saturated carbocycles. The van der Waals surface area contributed by atoms with E-state index in [-0.39, 0.29) is 4.90 Å². The number of esters is 1. The summed E-state index contributed by atoms with van der Waals surface area (Å²) >= 11 is 1.49. The highest BCUT2D eigenvalue weighted by atomic mass is 32.2. The number of benzene rings is 1. The van der Waals surface area contributed by atoms with Crippen molar-refractivity contribution in [3.63, 3.8) is 0 Å².